The number of alkyl halides is 2. The Morgan fingerprint density at radius 2 is 1.95 bits per heavy atom. The molecule has 0 fully saturated rings. The van der Waals surface area contributed by atoms with Gasteiger partial charge in [-0.3, -0.25) is 4.90 Å². The van der Waals surface area contributed by atoms with E-state index in [4.69, 9.17) is 5.11 Å². The number of nitrogens with zero attached hydrogens (tertiary/aromatic N) is 1. The molecule has 0 spiro atoms. The highest BCUT2D eigenvalue weighted by Gasteiger charge is 2.27. The van der Waals surface area contributed by atoms with Gasteiger partial charge in [0.15, 0.2) is 0 Å². The second-order valence-corrected chi connectivity index (χ2v) is 6.44. The van der Waals surface area contributed by atoms with Crippen LogP contribution in [0.1, 0.15) is 40.5 Å². The first-order valence-electron chi connectivity index (χ1n) is 7.65. The topological polar surface area (TPSA) is 35.5 Å². The predicted octanol–water partition coefficient (Wildman–Crippen LogP) is 2.60. The van der Waals surface area contributed by atoms with Crippen molar-refractivity contribution in [2.75, 3.05) is 39.3 Å². The zero-order chi connectivity index (χ0) is 15.6. The first kappa shape index (κ1) is 19.7. The predicted molar refractivity (Wildman–Crippen MR) is 80.3 cm³/mol. The maximum absolute atomic E-state index is 12.6. The van der Waals surface area contributed by atoms with Crippen molar-refractivity contribution >= 4 is 0 Å². The molecule has 0 saturated carbocycles. The Morgan fingerprint density at radius 1 is 1.30 bits per heavy atom. The lowest BCUT2D eigenvalue weighted by molar-refractivity contribution is 0.0517. The first-order chi connectivity index (χ1) is 9.33. The van der Waals surface area contributed by atoms with Gasteiger partial charge in [0.25, 0.3) is 6.43 Å². The zero-order valence-corrected chi connectivity index (χ0v) is 13.5. The third kappa shape index (κ3) is 9.61. The van der Waals surface area contributed by atoms with Gasteiger partial charge >= 0.3 is 0 Å². The summed E-state index contributed by atoms with van der Waals surface area (Å²) in [6, 6.07) is 0. The van der Waals surface area contributed by atoms with Gasteiger partial charge in [-0.2, -0.15) is 0 Å². The summed E-state index contributed by atoms with van der Waals surface area (Å²) in [6.07, 6.45) is -0.332. The van der Waals surface area contributed by atoms with Crippen LogP contribution in [0.2, 0.25) is 0 Å². The minimum atomic E-state index is -2.35. The summed E-state index contributed by atoms with van der Waals surface area (Å²) >= 11 is 0. The van der Waals surface area contributed by atoms with Crippen LogP contribution >= 0.6 is 0 Å². The molecule has 0 aromatic rings. The van der Waals surface area contributed by atoms with E-state index >= 15 is 0 Å². The van der Waals surface area contributed by atoms with Gasteiger partial charge < -0.3 is 10.4 Å². The van der Waals surface area contributed by atoms with E-state index in [9.17, 15) is 8.78 Å². The van der Waals surface area contributed by atoms with E-state index in [1.807, 2.05) is 0 Å². The van der Waals surface area contributed by atoms with Crippen LogP contribution in [-0.2, 0) is 0 Å². The van der Waals surface area contributed by atoms with Crippen molar-refractivity contribution in [1.82, 2.24) is 10.2 Å². The van der Waals surface area contributed by atoms with E-state index in [0.717, 1.165) is 25.9 Å². The molecule has 2 N–H and O–H groups in total. The molecule has 0 aromatic carbocycles. The third-order valence-corrected chi connectivity index (χ3v) is 3.38. The monoisotopic (exact) mass is 294 g/mol. The van der Waals surface area contributed by atoms with Crippen LogP contribution in [0.15, 0.2) is 0 Å². The van der Waals surface area contributed by atoms with Gasteiger partial charge in [0.1, 0.15) is 0 Å². The summed E-state index contributed by atoms with van der Waals surface area (Å²) in [6.45, 7) is 10.9. The molecule has 3 nitrogen and oxygen atoms in total. The molecule has 0 aromatic heterocycles. The highest BCUT2D eigenvalue weighted by molar-refractivity contribution is 4.81. The molecule has 122 valence electrons. The number of rotatable bonds is 12. The lowest BCUT2D eigenvalue weighted by Gasteiger charge is -2.36. The maximum atomic E-state index is 12.6. The van der Waals surface area contributed by atoms with Crippen LogP contribution in [0.3, 0.4) is 0 Å². The van der Waals surface area contributed by atoms with Crippen molar-refractivity contribution in [1.29, 1.82) is 0 Å². The van der Waals surface area contributed by atoms with Crippen LogP contribution in [-0.4, -0.2) is 55.8 Å². The summed E-state index contributed by atoms with van der Waals surface area (Å²) in [5.41, 5.74) is -0.0340. The fraction of sp³-hybridized carbons (Fsp3) is 1.00. The second kappa shape index (κ2) is 10.5. The van der Waals surface area contributed by atoms with Gasteiger partial charge in [0.2, 0.25) is 0 Å². The highest BCUT2D eigenvalue weighted by Crippen LogP contribution is 2.24. The Kier molecular flexibility index (Phi) is 10.3. The average Bonchev–Trinajstić information content (AvgIpc) is 2.27. The van der Waals surface area contributed by atoms with Crippen molar-refractivity contribution in [3.8, 4) is 0 Å². The molecule has 0 amide bonds. The van der Waals surface area contributed by atoms with Gasteiger partial charge in [0.05, 0.1) is 13.2 Å². The summed E-state index contributed by atoms with van der Waals surface area (Å²) < 4.78 is 25.2. The lowest BCUT2D eigenvalue weighted by Crippen LogP contribution is -2.45. The van der Waals surface area contributed by atoms with Gasteiger partial charge in [-0.1, -0.05) is 34.1 Å². The number of nitrogens with one attached hydrogen (secondary N) is 1. The number of hydrogen-bond donors (Lipinski definition) is 2. The number of hydrogen-bond acceptors (Lipinski definition) is 3. The summed E-state index contributed by atoms with van der Waals surface area (Å²) in [4.78, 5) is 1.68. The van der Waals surface area contributed by atoms with E-state index < -0.39 is 6.43 Å². The Morgan fingerprint density at radius 3 is 2.40 bits per heavy atom. The third-order valence-electron chi connectivity index (χ3n) is 3.38. The molecule has 0 rings (SSSR count). The van der Waals surface area contributed by atoms with Crippen LogP contribution in [0.25, 0.3) is 0 Å². The molecule has 0 bridgehead atoms. The first-order valence-corrected chi connectivity index (χ1v) is 7.65. The molecule has 5 heteroatoms. The molecular formula is C15H32F2N2O. The van der Waals surface area contributed by atoms with E-state index in [1.165, 1.54) is 0 Å². The Balaban J connectivity index is 4.50. The summed E-state index contributed by atoms with van der Waals surface area (Å²) in [7, 11) is 0. The standard InChI is InChI=1S/C15H32F2N2O/c1-5-6-15(4,11-18-9-13(2)3)12-19(7-8-20)10-14(16)17/h13-14,18,20H,5-12H2,1-4H3. The normalized spacial score (nSPS) is 15.3. The van der Waals surface area contributed by atoms with Crippen molar-refractivity contribution < 1.29 is 13.9 Å². The molecule has 0 aliphatic heterocycles. The molecule has 0 heterocycles. The quantitative estimate of drug-likeness (QED) is 0.581. The molecule has 0 radical (unpaired) electrons. The molecule has 20 heavy (non-hydrogen) atoms. The Hall–Kier alpha value is -0.260. The van der Waals surface area contributed by atoms with Crippen molar-refractivity contribution in [2.45, 2.75) is 47.0 Å². The molecule has 1 atom stereocenters. The molecule has 0 aliphatic carbocycles. The fourth-order valence-corrected chi connectivity index (χ4v) is 2.60. The maximum Gasteiger partial charge on any atom is 0.251 e. The van der Waals surface area contributed by atoms with Gasteiger partial charge in [-0.15, -0.1) is 0 Å². The zero-order valence-electron chi connectivity index (χ0n) is 13.5. The van der Waals surface area contributed by atoms with Crippen LogP contribution < -0.4 is 5.32 Å². The molecule has 1 unspecified atom stereocenters. The molecule has 0 saturated heterocycles. The number of aliphatic hydroxyl groups is 1. The van der Waals surface area contributed by atoms with E-state index in [-0.39, 0.29) is 18.6 Å². The minimum absolute atomic E-state index is 0.0340. The highest BCUT2D eigenvalue weighted by atomic mass is 19.3. The van der Waals surface area contributed by atoms with Gasteiger partial charge in [-0.25, -0.2) is 8.78 Å². The average molecular weight is 294 g/mol. The summed E-state index contributed by atoms with van der Waals surface area (Å²) in [5, 5.41) is 12.5. The second-order valence-electron chi connectivity index (χ2n) is 6.44. The van der Waals surface area contributed by atoms with E-state index in [0.29, 0.717) is 19.0 Å². The lowest BCUT2D eigenvalue weighted by atomic mass is 9.84. The summed E-state index contributed by atoms with van der Waals surface area (Å²) in [5.74, 6) is 0.579. The SMILES string of the molecule is CCCC(C)(CNCC(C)C)CN(CCO)CC(F)F. The number of halogens is 2. The van der Waals surface area contributed by atoms with Crippen LogP contribution in [0.4, 0.5) is 8.78 Å². The van der Waals surface area contributed by atoms with Crippen LogP contribution in [0.5, 0.6) is 0 Å². The van der Waals surface area contributed by atoms with E-state index in [1.54, 1.807) is 4.90 Å². The smallest absolute Gasteiger partial charge is 0.251 e. The Labute approximate surface area is 122 Å². The van der Waals surface area contributed by atoms with Gasteiger partial charge in [0, 0.05) is 19.6 Å². The van der Waals surface area contributed by atoms with Crippen molar-refractivity contribution in [2.24, 2.45) is 11.3 Å². The van der Waals surface area contributed by atoms with Crippen molar-refractivity contribution in [3.63, 3.8) is 0 Å². The van der Waals surface area contributed by atoms with Crippen molar-refractivity contribution in [3.05, 3.63) is 0 Å². The van der Waals surface area contributed by atoms with Gasteiger partial charge in [-0.05, 0) is 24.3 Å². The minimum Gasteiger partial charge on any atom is -0.395 e. The fourth-order valence-electron chi connectivity index (χ4n) is 2.60. The largest absolute Gasteiger partial charge is 0.395 e. The van der Waals surface area contributed by atoms with Crippen LogP contribution in [0, 0.1) is 11.3 Å². The molecular weight excluding hydrogens is 262 g/mol. The molecule has 0 aliphatic rings. The Bertz CT molecular complexity index is 240. The number of aliphatic hydroxyl groups excluding tert-OH is 1. The van der Waals surface area contributed by atoms with E-state index in [2.05, 4.69) is 33.0 Å².